The molecule has 1 aromatic heterocycles. The summed E-state index contributed by atoms with van der Waals surface area (Å²) in [5.41, 5.74) is 3.11. The van der Waals surface area contributed by atoms with E-state index in [4.69, 9.17) is 11.6 Å². The van der Waals surface area contributed by atoms with Gasteiger partial charge in [-0.1, -0.05) is 11.6 Å². The van der Waals surface area contributed by atoms with Gasteiger partial charge in [0.15, 0.2) is 0 Å². The fourth-order valence-corrected chi connectivity index (χ4v) is 2.97. The number of hydrogen-bond acceptors (Lipinski definition) is 4. The highest BCUT2D eigenvalue weighted by atomic mass is 35.5. The van der Waals surface area contributed by atoms with Gasteiger partial charge in [-0.3, -0.25) is 14.6 Å². The maximum absolute atomic E-state index is 12.6. The highest BCUT2D eigenvalue weighted by Crippen LogP contribution is 2.24. The van der Waals surface area contributed by atoms with E-state index in [0.29, 0.717) is 36.9 Å². The lowest BCUT2D eigenvalue weighted by molar-refractivity contribution is -0.119. The fraction of sp³-hybridized carbons (Fsp3) is 0.278. The predicted octanol–water partition coefficient (Wildman–Crippen LogP) is 2.70. The SMILES string of the molecule is Cc1cc(Cl)ccc1Nc1ccnc(C(=O)N2CCN(C=O)CC2)c1. The number of pyridine rings is 1. The number of hydrogen-bond donors (Lipinski definition) is 1. The first-order chi connectivity index (χ1) is 12.1. The molecular weight excluding hydrogens is 340 g/mol. The van der Waals surface area contributed by atoms with Crippen molar-refractivity contribution < 1.29 is 9.59 Å². The van der Waals surface area contributed by atoms with Crippen LogP contribution in [0.3, 0.4) is 0 Å². The van der Waals surface area contributed by atoms with Crippen molar-refractivity contribution in [3.63, 3.8) is 0 Å². The Labute approximate surface area is 151 Å². The van der Waals surface area contributed by atoms with Gasteiger partial charge in [-0.2, -0.15) is 0 Å². The number of carbonyl (C=O) groups is 2. The molecule has 3 rings (SSSR count). The number of benzene rings is 1. The molecule has 2 aromatic rings. The van der Waals surface area contributed by atoms with Crippen molar-refractivity contribution in [3.05, 3.63) is 52.8 Å². The Balaban J connectivity index is 1.73. The van der Waals surface area contributed by atoms with Crippen LogP contribution < -0.4 is 5.32 Å². The summed E-state index contributed by atoms with van der Waals surface area (Å²) in [7, 11) is 0. The molecule has 1 fully saturated rings. The first-order valence-electron chi connectivity index (χ1n) is 8.04. The summed E-state index contributed by atoms with van der Waals surface area (Å²) in [6.07, 6.45) is 2.43. The molecule has 7 heteroatoms. The number of aromatic nitrogens is 1. The third-order valence-electron chi connectivity index (χ3n) is 4.20. The third-order valence-corrected chi connectivity index (χ3v) is 4.43. The lowest BCUT2D eigenvalue weighted by Crippen LogP contribution is -2.48. The molecule has 25 heavy (non-hydrogen) atoms. The average Bonchev–Trinajstić information content (AvgIpc) is 2.64. The number of piperazine rings is 1. The summed E-state index contributed by atoms with van der Waals surface area (Å²) in [5, 5.41) is 3.97. The van der Waals surface area contributed by atoms with Gasteiger partial charge in [-0.25, -0.2) is 0 Å². The van der Waals surface area contributed by atoms with Gasteiger partial charge in [-0.05, 0) is 42.8 Å². The van der Waals surface area contributed by atoms with E-state index in [9.17, 15) is 9.59 Å². The molecule has 1 N–H and O–H groups in total. The number of halogens is 1. The van der Waals surface area contributed by atoms with Crippen molar-refractivity contribution in [1.29, 1.82) is 0 Å². The highest BCUT2D eigenvalue weighted by Gasteiger charge is 2.22. The van der Waals surface area contributed by atoms with Crippen molar-refractivity contribution >= 4 is 35.3 Å². The lowest BCUT2D eigenvalue weighted by atomic mass is 10.2. The molecule has 0 radical (unpaired) electrons. The monoisotopic (exact) mass is 358 g/mol. The van der Waals surface area contributed by atoms with Crippen LogP contribution in [-0.4, -0.2) is 53.3 Å². The van der Waals surface area contributed by atoms with Gasteiger partial charge in [0.1, 0.15) is 5.69 Å². The summed E-state index contributed by atoms with van der Waals surface area (Å²) in [4.78, 5) is 31.0. The molecule has 0 atom stereocenters. The van der Waals surface area contributed by atoms with Crippen molar-refractivity contribution in [2.24, 2.45) is 0 Å². The number of nitrogens with one attached hydrogen (secondary N) is 1. The fourth-order valence-electron chi connectivity index (χ4n) is 2.74. The number of rotatable bonds is 4. The number of nitrogens with zero attached hydrogens (tertiary/aromatic N) is 3. The first-order valence-corrected chi connectivity index (χ1v) is 8.42. The molecule has 0 saturated carbocycles. The molecule has 1 aliphatic rings. The maximum atomic E-state index is 12.6. The zero-order chi connectivity index (χ0) is 17.8. The zero-order valence-corrected chi connectivity index (χ0v) is 14.7. The predicted molar refractivity (Wildman–Crippen MR) is 97.2 cm³/mol. The summed E-state index contributed by atoms with van der Waals surface area (Å²) in [6, 6.07) is 9.15. The minimum absolute atomic E-state index is 0.123. The van der Waals surface area contributed by atoms with E-state index in [1.165, 1.54) is 0 Å². The van der Waals surface area contributed by atoms with Crippen molar-refractivity contribution in [3.8, 4) is 0 Å². The number of aryl methyl sites for hydroxylation is 1. The molecule has 130 valence electrons. The van der Waals surface area contributed by atoms with Crippen molar-refractivity contribution in [1.82, 2.24) is 14.8 Å². The van der Waals surface area contributed by atoms with Crippen LogP contribution in [0.1, 0.15) is 16.1 Å². The van der Waals surface area contributed by atoms with E-state index in [2.05, 4.69) is 10.3 Å². The van der Waals surface area contributed by atoms with E-state index in [0.717, 1.165) is 23.3 Å². The van der Waals surface area contributed by atoms with E-state index in [1.54, 1.807) is 22.1 Å². The minimum atomic E-state index is -0.123. The molecule has 0 unspecified atom stereocenters. The highest BCUT2D eigenvalue weighted by molar-refractivity contribution is 6.30. The van der Waals surface area contributed by atoms with Crippen LogP contribution in [0, 0.1) is 6.92 Å². The number of carbonyl (C=O) groups excluding carboxylic acids is 2. The average molecular weight is 359 g/mol. The van der Waals surface area contributed by atoms with Crippen LogP contribution in [0.5, 0.6) is 0 Å². The largest absolute Gasteiger partial charge is 0.355 e. The Bertz CT molecular complexity index is 788. The Morgan fingerprint density at radius 3 is 2.64 bits per heavy atom. The van der Waals surface area contributed by atoms with Crippen molar-refractivity contribution in [2.75, 3.05) is 31.5 Å². The molecule has 6 nitrogen and oxygen atoms in total. The lowest BCUT2D eigenvalue weighted by Gasteiger charge is -2.32. The molecule has 1 aliphatic heterocycles. The molecule has 2 amide bonds. The van der Waals surface area contributed by atoms with E-state index in [-0.39, 0.29) is 5.91 Å². The van der Waals surface area contributed by atoms with Gasteiger partial charge < -0.3 is 15.1 Å². The number of anilines is 2. The summed E-state index contributed by atoms with van der Waals surface area (Å²) in [5.74, 6) is -0.123. The topological polar surface area (TPSA) is 65.5 Å². The van der Waals surface area contributed by atoms with E-state index in [1.807, 2.05) is 31.2 Å². The Hall–Kier alpha value is -2.60. The third kappa shape index (κ3) is 4.09. The Kier molecular flexibility index (Phi) is 5.19. The maximum Gasteiger partial charge on any atom is 0.272 e. The Morgan fingerprint density at radius 1 is 1.20 bits per heavy atom. The van der Waals surface area contributed by atoms with Gasteiger partial charge in [0.05, 0.1) is 0 Å². The van der Waals surface area contributed by atoms with Gasteiger partial charge in [-0.15, -0.1) is 0 Å². The minimum Gasteiger partial charge on any atom is -0.355 e. The second-order valence-corrected chi connectivity index (χ2v) is 6.38. The van der Waals surface area contributed by atoms with Crippen LogP contribution in [0.4, 0.5) is 11.4 Å². The zero-order valence-electron chi connectivity index (χ0n) is 13.9. The van der Waals surface area contributed by atoms with Crippen molar-refractivity contribution in [2.45, 2.75) is 6.92 Å². The van der Waals surface area contributed by atoms with Crippen LogP contribution in [-0.2, 0) is 4.79 Å². The smallest absolute Gasteiger partial charge is 0.272 e. The van der Waals surface area contributed by atoms with Gasteiger partial charge in [0, 0.05) is 48.8 Å². The summed E-state index contributed by atoms with van der Waals surface area (Å²) in [6.45, 7) is 4.11. The normalized spacial score (nSPS) is 14.3. The Morgan fingerprint density at radius 2 is 1.96 bits per heavy atom. The first kappa shape index (κ1) is 17.2. The molecule has 2 heterocycles. The summed E-state index contributed by atoms with van der Waals surface area (Å²) < 4.78 is 0. The molecular formula is C18H19ClN4O2. The molecule has 1 saturated heterocycles. The molecule has 0 spiro atoms. The second kappa shape index (κ2) is 7.53. The van der Waals surface area contributed by atoms with Crippen LogP contribution in [0.25, 0.3) is 0 Å². The molecule has 0 bridgehead atoms. The van der Waals surface area contributed by atoms with Crippen LogP contribution >= 0.6 is 11.6 Å². The van der Waals surface area contributed by atoms with E-state index < -0.39 is 0 Å². The van der Waals surface area contributed by atoms with E-state index >= 15 is 0 Å². The molecule has 1 aromatic carbocycles. The quantitative estimate of drug-likeness (QED) is 0.853. The van der Waals surface area contributed by atoms with Gasteiger partial charge >= 0.3 is 0 Å². The number of amides is 2. The van der Waals surface area contributed by atoms with Crippen LogP contribution in [0.2, 0.25) is 5.02 Å². The standard InChI is InChI=1S/C18H19ClN4O2/c1-13-10-14(19)2-3-16(13)21-15-4-5-20-17(11-15)18(25)23-8-6-22(12-24)7-9-23/h2-5,10-12H,6-9H2,1H3,(H,20,21). The summed E-state index contributed by atoms with van der Waals surface area (Å²) >= 11 is 5.98. The van der Waals surface area contributed by atoms with Gasteiger partial charge in [0.2, 0.25) is 6.41 Å². The van der Waals surface area contributed by atoms with Gasteiger partial charge in [0.25, 0.3) is 5.91 Å². The second-order valence-electron chi connectivity index (χ2n) is 5.95. The van der Waals surface area contributed by atoms with Crippen LogP contribution in [0.15, 0.2) is 36.5 Å². The molecule has 0 aliphatic carbocycles.